The SMILES string of the molecule is C=C1CC(C)O[C@H](C)[C@@H]1C. The van der Waals surface area contributed by atoms with E-state index in [1.807, 2.05) is 0 Å². The molecule has 0 bridgehead atoms. The van der Waals surface area contributed by atoms with Gasteiger partial charge >= 0.3 is 0 Å². The molecule has 0 aromatic heterocycles. The van der Waals surface area contributed by atoms with Gasteiger partial charge in [0.25, 0.3) is 0 Å². The van der Waals surface area contributed by atoms with Gasteiger partial charge in [-0.3, -0.25) is 0 Å². The van der Waals surface area contributed by atoms with E-state index < -0.39 is 0 Å². The molecule has 0 amide bonds. The molecule has 1 rings (SSSR count). The summed E-state index contributed by atoms with van der Waals surface area (Å²) in [6, 6.07) is 0. The largest absolute Gasteiger partial charge is 0.375 e. The molecule has 0 N–H and O–H groups in total. The molecule has 1 saturated heterocycles. The Kier molecular flexibility index (Phi) is 2.14. The van der Waals surface area contributed by atoms with Crippen LogP contribution in [0.2, 0.25) is 0 Å². The molecule has 1 fully saturated rings. The van der Waals surface area contributed by atoms with Gasteiger partial charge in [-0.15, -0.1) is 0 Å². The first-order valence-electron chi connectivity index (χ1n) is 3.94. The summed E-state index contributed by atoms with van der Waals surface area (Å²) < 4.78 is 5.61. The summed E-state index contributed by atoms with van der Waals surface area (Å²) >= 11 is 0. The van der Waals surface area contributed by atoms with Crippen LogP contribution < -0.4 is 0 Å². The van der Waals surface area contributed by atoms with Gasteiger partial charge in [-0.1, -0.05) is 19.1 Å². The van der Waals surface area contributed by atoms with E-state index in [2.05, 4.69) is 27.4 Å². The van der Waals surface area contributed by atoms with Gasteiger partial charge in [0.05, 0.1) is 12.2 Å². The van der Waals surface area contributed by atoms with E-state index in [0.717, 1.165) is 6.42 Å². The number of rotatable bonds is 0. The Morgan fingerprint density at radius 3 is 2.50 bits per heavy atom. The Morgan fingerprint density at radius 2 is 2.00 bits per heavy atom. The highest BCUT2D eigenvalue weighted by Crippen LogP contribution is 2.27. The van der Waals surface area contributed by atoms with Gasteiger partial charge < -0.3 is 4.74 Å². The minimum atomic E-state index is 0.358. The molecule has 1 aliphatic heterocycles. The minimum absolute atomic E-state index is 0.358. The first kappa shape index (κ1) is 7.80. The van der Waals surface area contributed by atoms with Crippen LogP contribution in [0.3, 0.4) is 0 Å². The lowest BCUT2D eigenvalue weighted by molar-refractivity contribution is -0.0355. The van der Waals surface area contributed by atoms with Crippen LogP contribution in [0.1, 0.15) is 27.2 Å². The molecule has 0 spiro atoms. The van der Waals surface area contributed by atoms with Gasteiger partial charge in [-0.05, 0) is 20.3 Å². The van der Waals surface area contributed by atoms with E-state index in [4.69, 9.17) is 4.74 Å². The molecule has 1 unspecified atom stereocenters. The summed E-state index contributed by atoms with van der Waals surface area (Å²) in [6.07, 6.45) is 1.76. The van der Waals surface area contributed by atoms with Crippen molar-refractivity contribution >= 4 is 0 Å². The molecule has 1 aliphatic rings. The first-order chi connectivity index (χ1) is 4.61. The van der Waals surface area contributed by atoms with Crippen molar-refractivity contribution in [3.05, 3.63) is 12.2 Å². The molecule has 58 valence electrons. The molecule has 1 heteroatoms. The Balaban J connectivity index is 2.57. The highest BCUT2D eigenvalue weighted by Gasteiger charge is 2.24. The predicted octanol–water partition coefficient (Wildman–Crippen LogP) is 2.38. The molecular formula is C9H16O. The highest BCUT2D eigenvalue weighted by atomic mass is 16.5. The lowest BCUT2D eigenvalue weighted by atomic mass is 9.90. The fourth-order valence-electron chi connectivity index (χ4n) is 1.42. The van der Waals surface area contributed by atoms with E-state index in [1.54, 1.807) is 0 Å². The zero-order valence-electron chi connectivity index (χ0n) is 7.05. The van der Waals surface area contributed by atoms with E-state index in [9.17, 15) is 0 Å². The molecule has 3 atom stereocenters. The van der Waals surface area contributed by atoms with Crippen LogP contribution in [0.25, 0.3) is 0 Å². The number of ether oxygens (including phenoxy) is 1. The van der Waals surface area contributed by atoms with Gasteiger partial charge in [0.2, 0.25) is 0 Å². The fourth-order valence-corrected chi connectivity index (χ4v) is 1.42. The second-order valence-electron chi connectivity index (χ2n) is 3.30. The maximum absolute atomic E-state index is 5.61. The van der Waals surface area contributed by atoms with Crippen LogP contribution >= 0.6 is 0 Å². The van der Waals surface area contributed by atoms with Crippen molar-refractivity contribution in [1.29, 1.82) is 0 Å². The van der Waals surface area contributed by atoms with Crippen molar-refractivity contribution in [3.63, 3.8) is 0 Å². The lowest BCUT2D eigenvalue weighted by Crippen LogP contribution is -2.31. The third-order valence-corrected chi connectivity index (χ3v) is 2.34. The topological polar surface area (TPSA) is 9.23 Å². The third kappa shape index (κ3) is 1.40. The van der Waals surface area contributed by atoms with Gasteiger partial charge in [-0.2, -0.15) is 0 Å². The van der Waals surface area contributed by atoms with Gasteiger partial charge in [0.1, 0.15) is 0 Å². The molecule has 1 heterocycles. The average Bonchev–Trinajstić information content (AvgIpc) is 1.82. The van der Waals surface area contributed by atoms with Crippen molar-refractivity contribution in [2.24, 2.45) is 5.92 Å². The monoisotopic (exact) mass is 140 g/mol. The number of hydrogen-bond donors (Lipinski definition) is 0. The van der Waals surface area contributed by atoms with E-state index in [0.29, 0.717) is 18.1 Å². The van der Waals surface area contributed by atoms with Crippen LogP contribution in [0.15, 0.2) is 12.2 Å². The predicted molar refractivity (Wildman–Crippen MR) is 42.9 cm³/mol. The van der Waals surface area contributed by atoms with Crippen molar-refractivity contribution in [1.82, 2.24) is 0 Å². The molecule has 10 heavy (non-hydrogen) atoms. The van der Waals surface area contributed by atoms with E-state index in [-0.39, 0.29) is 0 Å². The fraction of sp³-hybridized carbons (Fsp3) is 0.778. The molecule has 0 saturated carbocycles. The zero-order valence-corrected chi connectivity index (χ0v) is 7.05. The standard InChI is InChI=1S/C9H16O/c1-6-5-7(2)10-9(4)8(6)3/h7-9H,1,5H2,2-4H3/t7?,8-,9-/m1/s1. The molecule has 0 aromatic carbocycles. The summed E-state index contributed by atoms with van der Waals surface area (Å²) in [5.74, 6) is 0.538. The van der Waals surface area contributed by atoms with Crippen LogP contribution in [0.5, 0.6) is 0 Å². The maximum atomic E-state index is 5.61. The minimum Gasteiger partial charge on any atom is -0.375 e. The Morgan fingerprint density at radius 1 is 1.40 bits per heavy atom. The molecule has 0 radical (unpaired) electrons. The first-order valence-corrected chi connectivity index (χ1v) is 3.94. The molecule has 0 aromatic rings. The summed E-state index contributed by atoms with van der Waals surface area (Å²) in [7, 11) is 0. The van der Waals surface area contributed by atoms with E-state index >= 15 is 0 Å². The van der Waals surface area contributed by atoms with Crippen molar-refractivity contribution < 1.29 is 4.74 Å². The summed E-state index contributed by atoms with van der Waals surface area (Å²) in [5, 5.41) is 0. The third-order valence-electron chi connectivity index (χ3n) is 2.34. The number of hydrogen-bond acceptors (Lipinski definition) is 1. The van der Waals surface area contributed by atoms with Crippen LogP contribution in [-0.4, -0.2) is 12.2 Å². The molecule has 0 aliphatic carbocycles. The molecule has 1 nitrogen and oxygen atoms in total. The second kappa shape index (κ2) is 2.75. The Labute approximate surface area is 63.1 Å². The Hall–Kier alpha value is -0.300. The van der Waals surface area contributed by atoms with Crippen molar-refractivity contribution in [2.45, 2.75) is 39.4 Å². The summed E-state index contributed by atoms with van der Waals surface area (Å²) in [5.41, 5.74) is 1.34. The van der Waals surface area contributed by atoms with Gasteiger partial charge in [-0.25, -0.2) is 0 Å². The van der Waals surface area contributed by atoms with Gasteiger partial charge in [0.15, 0.2) is 0 Å². The van der Waals surface area contributed by atoms with Crippen LogP contribution in [0.4, 0.5) is 0 Å². The molecular weight excluding hydrogens is 124 g/mol. The van der Waals surface area contributed by atoms with Crippen LogP contribution in [0, 0.1) is 5.92 Å². The smallest absolute Gasteiger partial charge is 0.0613 e. The van der Waals surface area contributed by atoms with Crippen molar-refractivity contribution in [3.8, 4) is 0 Å². The summed E-state index contributed by atoms with van der Waals surface area (Å²) in [4.78, 5) is 0. The van der Waals surface area contributed by atoms with E-state index in [1.165, 1.54) is 5.57 Å². The second-order valence-corrected chi connectivity index (χ2v) is 3.30. The summed E-state index contributed by atoms with van der Waals surface area (Å²) in [6.45, 7) is 10.4. The maximum Gasteiger partial charge on any atom is 0.0613 e. The normalized spacial score (nSPS) is 41.9. The van der Waals surface area contributed by atoms with Gasteiger partial charge in [0, 0.05) is 5.92 Å². The zero-order chi connectivity index (χ0) is 7.72. The Bertz CT molecular complexity index is 140. The van der Waals surface area contributed by atoms with Crippen LogP contribution in [-0.2, 0) is 4.74 Å². The lowest BCUT2D eigenvalue weighted by Gasteiger charge is -2.32. The van der Waals surface area contributed by atoms with Crippen molar-refractivity contribution in [2.75, 3.05) is 0 Å². The highest BCUT2D eigenvalue weighted by molar-refractivity contribution is 5.05. The average molecular weight is 140 g/mol. The quantitative estimate of drug-likeness (QED) is 0.469.